The van der Waals surface area contributed by atoms with Crippen LogP contribution in [0.5, 0.6) is 17.2 Å². The van der Waals surface area contributed by atoms with Crippen molar-refractivity contribution in [1.29, 1.82) is 5.41 Å². The third kappa shape index (κ3) is 4.88. The van der Waals surface area contributed by atoms with Crippen LogP contribution < -0.4 is 15.2 Å². The molecule has 0 aromatic heterocycles. The molecule has 140 valence electrons. The van der Waals surface area contributed by atoms with Gasteiger partial charge in [-0.25, -0.2) is 0 Å². The molecule has 1 unspecified atom stereocenters. The molecule has 1 heterocycles. The average molecular weight is 365 g/mol. The lowest BCUT2D eigenvalue weighted by Gasteiger charge is -2.12. The zero-order chi connectivity index (χ0) is 19.2. The molecule has 2 aromatic rings. The van der Waals surface area contributed by atoms with E-state index in [1.165, 1.54) is 6.08 Å². The van der Waals surface area contributed by atoms with Crippen molar-refractivity contribution in [3.8, 4) is 17.2 Å². The molecule has 0 saturated carbocycles. The summed E-state index contributed by atoms with van der Waals surface area (Å²) in [5.41, 5.74) is 7.22. The third-order valence-corrected chi connectivity index (χ3v) is 4.42. The fraction of sp³-hybridized carbons (Fsp3) is 0.238. The van der Waals surface area contributed by atoms with Crippen LogP contribution >= 0.6 is 0 Å². The zero-order valence-electron chi connectivity index (χ0n) is 15.2. The average Bonchev–Trinajstić information content (AvgIpc) is 3.00. The first kappa shape index (κ1) is 18.5. The summed E-state index contributed by atoms with van der Waals surface area (Å²) in [6, 6.07) is 14.8. The van der Waals surface area contributed by atoms with Crippen molar-refractivity contribution in [3.63, 3.8) is 0 Å². The molecule has 6 heteroatoms. The molecule has 1 saturated heterocycles. The molecule has 6 nitrogen and oxygen atoms in total. The molecule has 1 aliphatic rings. The molecular formula is C21H23N3O3. The van der Waals surface area contributed by atoms with Gasteiger partial charge in [-0.05, 0) is 60.2 Å². The van der Waals surface area contributed by atoms with Gasteiger partial charge in [0.05, 0.1) is 6.61 Å². The van der Waals surface area contributed by atoms with Crippen molar-refractivity contribution in [2.75, 3.05) is 20.2 Å². The molecule has 0 bridgehead atoms. The van der Waals surface area contributed by atoms with E-state index in [1.54, 1.807) is 4.90 Å². The topological polar surface area (TPSA) is 88.6 Å². The number of rotatable bonds is 7. The molecule has 0 spiro atoms. The van der Waals surface area contributed by atoms with Crippen LogP contribution in [0.1, 0.15) is 12.0 Å². The van der Waals surface area contributed by atoms with Crippen LogP contribution in [-0.4, -0.2) is 37.2 Å². The molecule has 2 aromatic carbocycles. The minimum absolute atomic E-state index is 0.174. The summed E-state index contributed by atoms with van der Waals surface area (Å²) in [5.74, 6) is 2.57. The summed E-state index contributed by atoms with van der Waals surface area (Å²) in [5, 5.41) is 7.05. The van der Waals surface area contributed by atoms with Crippen LogP contribution in [0.4, 0.5) is 0 Å². The van der Waals surface area contributed by atoms with Gasteiger partial charge in [0, 0.05) is 37.8 Å². The highest BCUT2D eigenvalue weighted by molar-refractivity contribution is 5.81. The van der Waals surface area contributed by atoms with Crippen molar-refractivity contribution in [2.45, 2.75) is 6.42 Å². The monoisotopic (exact) mass is 365 g/mol. The van der Waals surface area contributed by atoms with Crippen LogP contribution in [0.25, 0.3) is 5.70 Å². The van der Waals surface area contributed by atoms with E-state index < -0.39 is 0 Å². The van der Waals surface area contributed by atoms with Crippen molar-refractivity contribution < 1.29 is 14.3 Å². The second kappa shape index (κ2) is 8.40. The first-order valence-electron chi connectivity index (χ1n) is 8.76. The molecule has 1 aliphatic heterocycles. The number of nitrogens with one attached hydrogen (secondary N) is 1. The van der Waals surface area contributed by atoms with E-state index in [2.05, 4.69) is 0 Å². The number of benzene rings is 2. The lowest BCUT2D eigenvalue weighted by molar-refractivity contribution is -0.126. The van der Waals surface area contributed by atoms with Crippen LogP contribution in [0.3, 0.4) is 0 Å². The Kier molecular flexibility index (Phi) is 5.76. The standard InChI is InChI=1S/C21H23N3O3/c1-24-13-15(12-21(24)25)14-26-17-6-8-19(9-7-17)27-18-4-2-16(3-5-18)20(23)10-11-22/h2-11,15,22H,12-14,23H2,1H3/b20-10-,22-11?. The number of hydrogen-bond acceptors (Lipinski definition) is 5. The van der Waals surface area contributed by atoms with E-state index in [4.69, 9.17) is 20.6 Å². The molecule has 1 amide bonds. The molecule has 0 aliphatic carbocycles. The number of carbonyl (C=O) groups excluding carboxylic acids is 1. The Bertz CT molecular complexity index is 829. The lowest BCUT2D eigenvalue weighted by atomic mass is 10.1. The molecule has 27 heavy (non-hydrogen) atoms. The highest BCUT2D eigenvalue weighted by atomic mass is 16.5. The Morgan fingerprint density at radius 2 is 1.74 bits per heavy atom. The summed E-state index contributed by atoms with van der Waals surface area (Å²) in [4.78, 5) is 13.3. The number of ether oxygens (including phenoxy) is 2. The summed E-state index contributed by atoms with van der Waals surface area (Å²) in [6.07, 6.45) is 3.24. The summed E-state index contributed by atoms with van der Waals surface area (Å²) < 4.78 is 11.6. The Labute approximate surface area is 158 Å². The zero-order valence-corrected chi connectivity index (χ0v) is 15.2. The van der Waals surface area contributed by atoms with E-state index in [9.17, 15) is 4.79 Å². The van der Waals surface area contributed by atoms with E-state index in [0.29, 0.717) is 30.2 Å². The predicted octanol–water partition coefficient (Wildman–Crippen LogP) is 3.29. The Balaban J connectivity index is 1.54. The molecular weight excluding hydrogens is 342 g/mol. The molecule has 0 radical (unpaired) electrons. The second-order valence-electron chi connectivity index (χ2n) is 6.54. The first-order valence-corrected chi connectivity index (χ1v) is 8.76. The van der Waals surface area contributed by atoms with Crippen LogP contribution in [-0.2, 0) is 4.79 Å². The van der Waals surface area contributed by atoms with Crippen LogP contribution in [0, 0.1) is 11.3 Å². The SMILES string of the molecule is CN1CC(COc2ccc(Oc3ccc(/C(N)=C/C=N)cc3)cc2)CC1=O. The molecule has 1 atom stereocenters. The molecule has 3 N–H and O–H groups in total. The Morgan fingerprint density at radius 1 is 1.15 bits per heavy atom. The normalized spacial score (nSPS) is 17.1. The van der Waals surface area contributed by atoms with E-state index >= 15 is 0 Å². The van der Waals surface area contributed by atoms with Crippen molar-refractivity contribution in [1.82, 2.24) is 4.90 Å². The van der Waals surface area contributed by atoms with Gasteiger partial charge < -0.3 is 25.5 Å². The number of nitrogens with two attached hydrogens (primary N) is 1. The Hall–Kier alpha value is -3.28. The number of hydrogen-bond donors (Lipinski definition) is 2. The number of allylic oxidation sites excluding steroid dienone is 1. The van der Waals surface area contributed by atoms with Crippen molar-refractivity contribution in [3.05, 3.63) is 60.2 Å². The second-order valence-corrected chi connectivity index (χ2v) is 6.54. The minimum Gasteiger partial charge on any atom is -0.493 e. The quantitative estimate of drug-likeness (QED) is 0.737. The van der Waals surface area contributed by atoms with Gasteiger partial charge in [-0.2, -0.15) is 0 Å². The molecule has 3 rings (SSSR count). The smallest absolute Gasteiger partial charge is 0.222 e. The maximum Gasteiger partial charge on any atom is 0.222 e. The van der Waals surface area contributed by atoms with Crippen molar-refractivity contribution >= 4 is 17.8 Å². The van der Waals surface area contributed by atoms with E-state index in [0.717, 1.165) is 24.1 Å². The minimum atomic E-state index is 0.174. The van der Waals surface area contributed by atoms with Gasteiger partial charge >= 0.3 is 0 Å². The van der Waals surface area contributed by atoms with Crippen LogP contribution in [0.2, 0.25) is 0 Å². The fourth-order valence-electron chi connectivity index (χ4n) is 2.92. The highest BCUT2D eigenvalue weighted by Crippen LogP contribution is 2.25. The molecule has 1 fully saturated rings. The van der Waals surface area contributed by atoms with Gasteiger partial charge in [-0.1, -0.05) is 0 Å². The number of likely N-dealkylation sites (tertiary alicyclic amines) is 1. The Morgan fingerprint density at radius 3 is 2.30 bits per heavy atom. The van der Waals surface area contributed by atoms with Gasteiger partial charge in [0.25, 0.3) is 0 Å². The number of carbonyl (C=O) groups is 1. The number of nitrogens with zero attached hydrogens (tertiary/aromatic N) is 1. The van der Waals surface area contributed by atoms with Crippen molar-refractivity contribution in [2.24, 2.45) is 11.7 Å². The van der Waals surface area contributed by atoms with Gasteiger partial charge in [0.15, 0.2) is 0 Å². The summed E-state index contributed by atoms with van der Waals surface area (Å²) in [7, 11) is 1.82. The van der Waals surface area contributed by atoms with Crippen LogP contribution in [0.15, 0.2) is 54.6 Å². The summed E-state index contributed by atoms with van der Waals surface area (Å²) >= 11 is 0. The third-order valence-electron chi connectivity index (χ3n) is 4.42. The fourth-order valence-corrected chi connectivity index (χ4v) is 2.92. The van der Waals surface area contributed by atoms with Gasteiger partial charge in [0.1, 0.15) is 17.2 Å². The van der Waals surface area contributed by atoms with E-state index in [-0.39, 0.29) is 11.8 Å². The van der Waals surface area contributed by atoms with E-state index in [1.807, 2.05) is 55.6 Å². The summed E-state index contributed by atoms with van der Waals surface area (Å²) in [6.45, 7) is 1.28. The van der Waals surface area contributed by atoms with Gasteiger partial charge in [0.2, 0.25) is 5.91 Å². The predicted molar refractivity (Wildman–Crippen MR) is 105 cm³/mol. The largest absolute Gasteiger partial charge is 0.493 e. The lowest BCUT2D eigenvalue weighted by Crippen LogP contribution is -2.20. The highest BCUT2D eigenvalue weighted by Gasteiger charge is 2.27. The maximum atomic E-state index is 11.5. The maximum absolute atomic E-state index is 11.5. The number of amides is 1. The van der Waals surface area contributed by atoms with Gasteiger partial charge in [-0.3, -0.25) is 4.79 Å². The van der Waals surface area contributed by atoms with Gasteiger partial charge in [-0.15, -0.1) is 0 Å². The first-order chi connectivity index (χ1) is 13.0.